The number of hydrogen-bond donors (Lipinski definition) is 3. The zero-order valence-electron chi connectivity index (χ0n) is 15.7. The van der Waals surface area contributed by atoms with E-state index in [1.807, 2.05) is 0 Å². The van der Waals surface area contributed by atoms with Crippen LogP contribution >= 0.6 is 11.6 Å². The Hall–Kier alpha value is -3.13. The van der Waals surface area contributed by atoms with Gasteiger partial charge >= 0.3 is 12.0 Å². The molecule has 2 aromatic carbocycles. The number of nitrogens with one attached hydrogen (secondary N) is 3. The minimum absolute atomic E-state index is 0.108. The summed E-state index contributed by atoms with van der Waals surface area (Å²) in [4.78, 5) is 35.8. The van der Waals surface area contributed by atoms with Gasteiger partial charge in [0.2, 0.25) is 5.91 Å². The van der Waals surface area contributed by atoms with Gasteiger partial charge in [0, 0.05) is 11.6 Å². The van der Waals surface area contributed by atoms with Crippen LogP contribution in [0.3, 0.4) is 0 Å². The van der Waals surface area contributed by atoms with E-state index >= 15 is 0 Å². The van der Waals surface area contributed by atoms with Gasteiger partial charge in [0.05, 0.1) is 26.1 Å². The fourth-order valence-electron chi connectivity index (χ4n) is 2.50. The van der Waals surface area contributed by atoms with Crippen LogP contribution in [0.25, 0.3) is 0 Å². The summed E-state index contributed by atoms with van der Waals surface area (Å²) in [5.41, 5.74) is 1.27. The van der Waals surface area contributed by atoms with Crippen molar-refractivity contribution >= 4 is 29.5 Å². The number of hydrogen-bond acceptors (Lipinski definition) is 4. The minimum atomic E-state index is -0.701. The van der Waals surface area contributed by atoms with E-state index < -0.39 is 23.9 Å². The molecule has 2 rings (SSSR count). The van der Waals surface area contributed by atoms with Gasteiger partial charge in [-0.3, -0.25) is 9.59 Å². The molecule has 0 saturated heterocycles. The topological polar surface area (TPSA) is 96.5 Å². The maximum Gasteiger partial charge on any atom is 0.315 e. The van der Waals surface area contributed by atoms with E-state index in [9.17, 15) is 18.8 Å². The van der Waals surface area contributed by atoms with Gasteiger partial charge in [-0.25, -0.2) is 9.18 Å². The van der Waals surface area contributed by atoms with E-state index in [0.29, 0.717) is 16.1 Å². The lowest BCUT2D eigenvalue weighted by atomic mass is 10.0. The first-order valence-corrected chi connectivity index (χ1v) is 9.13. The number of carbonyl (C=O) groups excluding carboxylic acids is 3. The number of rotatable bonds is 8. The Labute approximate surface area is 172 Å². The molecule has 0 aliphatic heterocycles. The largest absolute Gasteiger partial charge is 0.469 e. The molecule has 1 atom stereocenters. The average molecular weight is 422 g/mol. The van der Waals surface area contributed by atoms with Crippen molar-refractivity contribution in [1.29, 1.82) is 0 Å². The Morgan fingerprint density at radius 2 is 1.76 bits per heavy atom. The molecule has 1 unspecified atom stereocenters. The summed E-state index contributed by atoms with van der Waals surface area (Å²) < 4.78 is 17.5. The number of methoxy groups -OCH3 is 1. The summed E-state index contributed by atoms with van der Waals surface area (Å²) in [6, 6.07) is 11.2. The molecule has 0 saturated carbocycles. The highest BCUT2D eigenvalue weighted by Crippen LogP contribution is 2.25. The predicted octanol–water partition coefficient (Wildman–Crippen LogP) is 2.70. The van der Waals surface area contributed by atoms with Crippen molar-refractivity contribution in [3.8, 4) is 0 Å². The van der Waals surface area contributed by atoms with Crippen LogP contribution in [0.15, 0.2) is 48.5 Å². The first kappa shape index (κ1) is 22.2. The Morgan fingerprint density at radius 1 is 1.07 bits per heavy atom. The molecule has 3 amide bonds. The SMILES string of the molecule is COC(=O)CC(NC(=O)CNC(=O)NCc1ccc(F)cc1)c1ccccc1Cl. The number of amides is 3. The van der Waals surface area contributed by atoms with E-state index in [4.69, 9.17) is 11.6 Å². The minimum Gasteiger partial charge on any atom is -0.469 e. The van der Waals surface area contributed by atoms with E-state index in [-0.39, 0.29) is 25.3 Å². The van der Waals surface area contributed by atoms with Crippen molar-refractivity contribution in [2.24, 2.45) is 0 Å². The molecular weight excluding hydrogens is 401 g/mol. The Kier molecular flexibility index (Phi) is 8.42. The van der Waals surface area contributed by atoms with Crippen LogP contribution in [-0.4, -0.2) is 31.6 Å². The fourth-order valence-corrected chi connectivity index (χ4v) is 2.77. The van der Waals surface area contributed by atoms with Crippen LogP contribution < -0.4 is 16.0 Å². The zero-order chi connectivity index (χ0) is 21.2. The predicted molar refractivity (Wildman–Crippen MR) is 106 cm³/mol. The summed E-state index contributed by atoms with van der Waals surface area (Å²) in [6.45, 7) is -0.129. The Balaban J connectivity index is 1.87. The van der Waals surface area contributed by atoms with Crippen LogP contribution in [0.2, 0.25) is 5.02 Å². The maximum atomic E-state index is 12.9. The lowest BCUT2D eigenvalue weighted by Gasteiger charge is -2.19. The highest BCUT2D eigenvalue weighted by molar-refractivity contribution is 6.31. The highest BCUT2D eigenvalue weighted by Gasteiger charge is 2.21. The smallest absolute Gasteiger partial charge is 0.315 e. The number of halogens is 2. The molecule has 0 aliphatic rings. The number of ether oxygens (including phenoxy) is 1. The van der Waals surface area contributed by atoms with E-state index in [1.54, 1.807) is 36.4 Å². The third kappa shape index (κ3) is 7.42. The van der Waals surface area contributed by atoms with Crippen molar-refractivity contribution in [1.82, 2.24) is 16.0 Å². The van der Waals surface area contributed by atoms with Crippen LogP contribution in [0.4, 0.5) is 9.18 Å². The first-order valence-electron chi connectivity index (χ1n) is 8.75. The van der Waals surface area contributed by atoms with E-state index in [0.717, 1.165) is 0 Å². The molecule has 0 heterocycles. The summed E-state index contributed by atoms with van der Waals surface area (Å²) in [5.74, 6) is -1.38. The monoisotopic (exact) mass is 421 g/mol. The van der Waals surface area contributed by atoms with Gasteiger partial charge in [-0.05, 0) is 29.3 Å². The van der Waals surface area contributed by atoms with Crippen molar-refractivity contribution in [3.63, 3.8) is 0 Å². The van der Waals surface area contributed by atoms with Crippen molar-refractivity contribution < 1.29 is 23.5 Å². The van der Waals surface area contributed by atoms with Crippen molar-refractivity contribution in [2.75, 3.05) is 13.7 Å². The molecule has 154 valence electrons. The summed E-state index contributed by atoms with van der Waals surface area (Å²) >= 11 is 6.16. The van der Waals surface area contributed by atoms with Gasteiger partial charge < -0.3 is 20.7 Å². The second-order valence-electron chi connectivity index (χ2n) is 6.08. The van der Waals surface area contributed by atoms with E-state index in [1.165, 1.54) is 19.2 Å². The normalized spacial score (nSPS) is 11.3. The van der Waals surface area contributed by atoms with Gasteiger partial charge in [-0.2, -0.15) is 0 Å². The molecular formula is C20H21ClFN3O4. The third-order valence-corrected chi connectivity index (χ3v) is 4.33. The maximum absolute atomic E-state index is 12.9. The second kappa shape index (κ2) is 11.0. The van der Waals surface area contributed by atoms with E-state index in [2.05, 4.69) is 20.7 Å². The molecule has 0 aliphatic carbocycles. The lowest BCUT2D eigenvalue weighted by molar-refractivity contribution is -0.141. The Morgan fingerprint density at radius 3 is 2.41 bits per heavy atom. The van der Waals surface area contributed by atoms with Gasteiger partial charge in [-0.1, -0.05) is 41.9 Å². The molecule has 7 nitrogen and oxygen atoms in total. The molecule has 0 radical (unpaired) electrons. The summed E-state index contributed by atoms with van der Waals surface area (Å²) in [5, 5.41) is 8.04. The average Bonchev–Trinajstić information content (AvgIpc) is 2.71. The molecule has 3 N–H and O–H groups in total. The fraction of sp³-hybridized carbons (Fsp3) is 0.250. The molecule has 29 heavy (non-hydrogen) atoms. The van der Waals surface area contributed by atoms with Gasteiger partial charge in [-0.15, -0.1) is 0 Å². The first-order chi connectivity index (χ1) is 13.9. The van der Waals surface area contributed by atoms with Gasteiger partial charge in [0.25, 0.3) is 0 Å². The number of benzene rings is 2. The lowest BCUT2D eigenvalue weighted by Crippen LogP contribution is -2.43. The molecule has 0 aromatic heterocycles. The zero-order valence-corrected chi connectivity index (χ0v) is 16.5. The molecule has 0 spiro atoms. The second-order valence-corrected chi connectivity index (χ2v) is 6.49. The van der Waals surface area contributed by atoms with Crippen LogP contribution in [0.1, 0.15) is 23.6 Å². The molecule has 2 aromatic rings. The van der Waals surface area contributed by atoms with Crippen molar-refractivity contribution in [2.45, 2.75) is 19.0 Å². The standard InChI is InChI=1S/C20H21ClFN3O4/c1-29-19(27)10-17(15-4-2-3-5-16(15)21)25-18(26)12-24-20(28)23-11-13-6-8-14(22)9-7-13/h2-9,17H,10-12H2,1H3,(H,25,26)(H2,23,24,28). The number of esters is 1. The quantitative estimate of drug-likeness (QED) is 0.571. The summed E-state index contributed by atoms with van der Waals surface area (Å²) in [7, 11) is 1.25. The van der Waals surface area contributed by atoms with Crippen molar-refractivity contribution in [3.05, 3.63) is 70.5 Å². The van der Waals surface area contributed by atoms with Crippen LogP contribution in [0.5, 0.6) is 0 Å². The molecule has 9 heteroatoms. The molecule has 0 fully saturated rings. The number of carbonyl (C=O) groups is 3. The van der Waals surface area contributed by atoms with Crippen LogP contribution in [0, 0.1) is 5.82 Å². The number of urea groups is 1. The van der Waals surface area contributed by atoms with Crippen LogP contribution in [-0.2, 0) is 20.9 Å². The Bertz CT molecular complexity index is 861. The van der Waals surface area contributed by atoms with Gasteiger partial charge in [0.15, 0.2) is 0 Å². The molecule has 0 bridgehead atoms. The highest BCUT2D eigenvalue weighted by atomic mass is 35.5. The summed E-state index contributed by atoms with van der Waals surface area (Å²) in [6.07, 6.45) is -0.108. The van der Waals surface area contributed by atoms with Gasteiger partial charge in [0.1, 0.15) is 5.82 Å². The third-order valence-electron chi connectivity index (χ3n) is 3.99.